The zero-order valence-electron chi connectivity index (χ0n) is 8.37. The van der Waals surface area contributed by atoms with Gasteiger partial charge in [0.15, 0.2) is 0 Å². The van der Waals surface area contributed by atoms with Gasteiger partial charge < -0.3 is 5.73 Å². The Morgan fingerprint density at radius 2 is 1.93 bits per heavy atom. The van der Waals surface area contributed by atoms with Gasteiger partial charge in [-0.2, -0.15) is 0 Å². The van der Waals surface area contributed by atoms with Gasteiger partial charge in [0, 0.05) is 38.2 Å². The van der Waals surface area contributed by atoms with Crippen LogP contribution in [0.4, 0.5) is 0 Å². The van der Waals surface area contributed by atoms with Crippen LogP contribution >= 0.6 is 23.2 Å². The van der Waals surface area contributed by atoms with E-state index in [9.17, 15) is 4.21 Å². The standard InChI is InChI=1S/C10H13Cl2NOS/c1-7(5-13)15(14)6-8-9(11)3-2-4-10(8)12/h2-4,7H,5-6,13H2,1H3. The monoisotopic (exact) mass is 265 g/mol. The number of halogens is 2. The molecule has 1 aromatic rings. The van der Waals surface area contributed by atoms with E-state index in [4.69, 9.17) is 28.9 Å². The van der Waals surface area contributed by atoms with Crippen LogP contribution in [0.2, 0.25) is 10.0 Å². The molecule has 0 bridgehead atoms. The zero-order valence-corrected chi connectivity index (χ0v) is 10.7. The van der Waals surface area contributed by atoms with Crippen LogP contribution in [-0.4, -0.2) is 16.0 Å². The van der Waals surface area contributed by atoms with Crippen molar-refractivity contribution in [2.75, 3.05) is 6.54 Å². The summed E-state index contributed by atoms with van der Waals surface area (Å²) < 4.78 is 11.8. The van der Waals surface area contributed by atoms with Crippen molar-refractivity contribution in [3.05, 3.63) is 33.8 Å². The Kier molecular flexibility index (Phi) is 5.06. The van der Waals surface area contributed by atoms with Crippen molar-refractivity contribution in [3.8, 4) is 0 Å². The van der Waals surface area contributed by atoms with Gasteiger partial charge in [0.2, 0.25) is 0 Å². The molecule has 0 amide bonds. The first-order valence-electron chi connectivity index (χ1n) is 4.56. The molecule has 0 aliphatic heterocycles. The molecule has 5 heteroatoms. The van der Waals surface area contributed by atoms with Crippen LogP contribution < -0.4 is 5.73 Å². The number of benzene rings is 1. The minimum Gasteiger partial charge on any atom is -0.329 e. The Bertz CT molecular complexity index is 350. The van der Waals surface area contributed by atoms with Gasteiger partial charge in [-0.25, -0.2) is 0 Å². The van der Waals surface area contributed by atoms with Gasteiger partial charge in [-0.1, -0.05) is 29.3 Å². The highest BCUT2D eigenvalue weighted by molar-refractivity contribution is 7.84. The fraction of sp³-hybridized carbons (Fsp3) is 0.400. The summed E-state index contributed by atoms with van der Waals surface area (Å²) in [5.41, 5.74) is 6.18. The molecule has 0 saturated carbocycles. The molecule has 0 radical (unpaired) electrons. The molecule has 2 N–H and O–H groups in total. The highest BCUT2D eigenvalue weighted by Crippen LogP contribution is 2.26. The van der Waals surface area contributed by atoms with Crippen molar-refractivity contribution in [2.45, 2.75) is 17.9 Å². The number of hydrogen-bond acceptors (Lipinski definition) is 2. The summed E-state index contributed by atoms with van der Waals surface area (Å²) in [4.78, 5) is 0. The summed E-state index contributed by atoms with van der Waals surface area (Å²) in [6.45, 7) is 2.25. The molecule has 0 fully saturated rings. The van der Waals surface area contributed by atoms with Gasteiger partial charge in [-0.15, -0.1) is 0 Å². The van der Waals surface area contributed by atoms with E-state index in [0.29, 0.717) is 22.3 Å². The van der Waals surface area contributed by atoms with Crippen LogP contribution in [0.3, 0.4) is 0 Å². The summed E-state index contributed by atoms with van der Waals surface area (Å²) in [6.07, 6.45) is 0. The molecule has 84 valence electrons. The van der Waals surface area contributed by atoms with E-state index >= 15 is 0 Å². The maximum absolute atomic E-state index is 11.8. The maximum Gasteiger partial charge on any atom is 0.0518 e. The van der Waals surface area contributed by atoms with E-state index < -0.39 is 10.8 Å². The lowest BCUT2D eigenvalue weighted by Crippen LogP contribution is -2.22. The molecule has 1 aromatic carbocycles. The predicted molar refractivity (Wildman–Crippen MR) is 66.8 cm³/mol. The molecule has 0 aromatic heterocycles. The smallest absolute Gasteiger partial charge is 0.0518 e. The zero-order chi connectivity index (χ0) is 11.4. The van der Waals surface area contributed by atoms with Crippen LogP contribution in [0.25, 0.3) is 0 Å². The second kappa shape index (κ2) is 5.85. The van der Waals surface area contributed by atoms with E-state index in [1.165, 1.54) is 0 Å². The predicted octanol–water partition coefficient (Wildman–Crippen LogP) is 2.59. The fourth-order valence-corrected chi connectivity index (χ4v) is 2.85. The summed E-state index contributed by atoms with van der Waals surface area (Å²) in [5.74, 6) is 0.358. The quantitative estimate of drug-likeness (QED) is 0.910. The molecular formula is C10H13Cl2NOS. The molecule has 2 nitrogen and oxygen atoms in total. The summed E-state index contributed by atoms with van der Waals surface area (Å²) in [5, 5.41) is 1.07. The lowest BCUT2D eigenvalue weighted by atomic mass is 10.2. The minimum absolute atomic E-state index is 0.0441. The van der Waals surface area contributed by atoms with Gasteiger partial charge in [-0.3, -0.25) is 4.21 Å². The molecule has 15 heavy (non-hydrogen) atoms. The largest absolute Gasteiger partial charge is 0.329 e. The van der Waals surface area contributed by atoms with Crippen LogP contribution in [-0.2, 0) is 16.6 Å². The third-order valence-corrected chi connectivity index (χ3v) is 4.50. The van der Waals surface area contributed by atoms with Gasteiger partial charge in [0.25, 0.3) is 0 Å². The van der Waals surface area contributed by atoms with Crippen LogP contribution in [0.5, 0.6) is 0 Å². The molecule has 0 aliphatic carbocycles. The molecular weight excluding hydrogens is 253 g/mol. The third kappa shape index (κ3) is 3.45. The minimum atomic E-state index is -1.03. The van der Waals surface area contributed by atoms with Crippen molar-refractivity contribution in [2.24, 2.45) is 5.73 Å². The van der Waals surface area contributed by atoms with Crippen molar-refractivity contribution in [1.82, 2.24) is 0 Å². The Labute approximate surface area is 102 Å². The van der Waals surface area contributed by atoms with Crippen molar-refractivity contribution >= 4 is 34.0 Å². The molecule has 1 rings (SSSR count). The SMILES string of the molecule is CC(CN)S(=O)Cc1c(Cl)cccc1Cl. The second-order valence-electron chi connectivity index (χ2n) is 3.27. The molecule has 0 aliphatic rings. The molecule has 0 heterocycles. The average molecular weight is 266 g/mol. The highest BCUT2D eigenvalue weighted by Gasteiger charge is 2.13. The van der Waals surface area contributed by atoms with E-state index in [2.05, 4.69) is 0 Å². The molecule has 2 atom stereocenters. The Hall–Kier alpha value is -0.0900. The summed E-state index contributed by atoms with van der Waals surface area (Å²) >= 11 is 11.9. The van der Waals surface area contributed by atoms with E-state index in [0.717, 1.165) is 5.56 Å². The Balaban J connectivity index is 2.85. The normalized spacial score (nSPS) is 14.9. The topological polar surface area (TPSA) is 43.1 Å². The van der Waals surface area contributed by atoms with Crippen molar-refractivity contribution < 1.29 is 4.21 Å². The Morgan fingerprint density at radius 1 is 1.40 bits per heavy atom. The van der Waals surface area contributed by atoms with E-state index in [1.807, 2.05) is 6.92 Å². The first kappa shape index (κ1) is 13.0. The van der Waals surface area contributed by atoms with Gasteiger partial charge in [-0.05, 0) is 19.1 Å². The lowest BCUT2D eigenvalue weighted by molar-refractivity contribution is 0.672. The maximum atomic E-state index is 11.8. The van der Waals surface area contributed by atoms with Gasteiger partial charge in [0.05, 0.1) is 5.75 Å². The summed E-state index contributed by atoms with van der Waals surface area (Å²) in [6, 6.07) is 5.25. The third-order valence-electron chi connectivity index (χ3n) is 2.13. The lowest BCUT2D eigenvalue weighted by Gasteiger charge is -2.10. The van der Waals surface area contributed by atoms with Crippen molar-refractivity contribution in [1.29, 1.82) is 0 Å². The van der Waals surface area contributed by atoms with E-state index in [-0.39, 0.29) is 5.25 Å². The van der Waals surface area contributed by atoms with Gasteiger partial charge in [0.1, 0.15) is 0 Å². The van der Waals surface area contributed by atoms with Crippen LogP contribution in [0.15, 0.2) is 18.2 Å². The number of rotatable bonds is 4. The van der Waals surface area contributed by atoms with Gasteiger partial charge >= 0.3 is 0 Å². The molecule has 0 saturated heterocycles. The Morgan fingerprint density at radius 3 is 2.40 bits per heavy atom. The fourth-order valence-electron chi connectivity index (χ4n) is 1.06. The number of nitrogens with two attached hydrogens (primary N) is 1. The molecule has 2 unspecified atom stereocenters. The van der Waals surface area contributed by atoms with Crippen LogP contribution in [0, 0.1) is 0 Å². The van der Waals surface area contributed by atoms with Crippen LogP contribution in [0.1, 0.15) is 12.5 Å². The van der Waals surface area contributed by atoms with Crippen molar-refractivity contribution in [3.63, 3.8) is 0 Å². The van der Waals surface area contributed by atoms with E-state index in [1.54, 1.807) is 18.2 Å². The highest BCUT2D eigenvalue weighted by atomic mass is 35.5. The summed E-state index contributed by atoms with van der Waals surface area (Å²) in [7, 11) is -1.03. The second-order valence-corrected chi connectivity index (χ2v) is 5.94. The number of hydrogen-bond donors (Lipinski definition) is 1. The first-order valence-corrected chi connectivity index (χ1v) is 6.70. The average Bonchev–Trinajstić information content (AvgIpc) is 2.22. The molecule has 0 spiro atoms. The first-order chi connectivity index (χ1) is 7.06.